The lowest BCUT2D eigenvalue weighted by atomic mass is 10.0. The molecule has 80 valence electrons. The molecule has 2 rings (SSSR count). The molecular weight excluding hydrogens is 205 g/mol. The van der Waals surface area contributed by atoms with Crippen molar-refractivity contribution in [3.8, 4) is 11.1 Å². The van der Waals surface area contributed by atoms with Gasteiger partial charge >= 0.3 is 0 Å². The summed E-state index contributed by atoms with van der Waals surface area (Å²) in [4.78, 5) is 14.2. The van der Waals surface area contributed by atoms with Crippen LogP contribution in [-0.4, -0.2) is 11.3 Å². The fourth-order valence-corrected chi connectivity index (χ4v) is 1.62. The lowest BCUT2D eigenvalue weighted by Gasteiger charge is -2.05. The molecule has 0 aliphatic carbocycles. The number of carbonyl (C=O) groups excluding carboxylic acids is 1. The summed E-state index contributed by atoms with van der Waals surface area (Å²) >= 11 is 0. The van der Waals surface area contributed by atoms with Gasteiger partial charge in [0.1, 0.15) is 6.29 Å². The Morgan fingerprint density at radius 1 is 1.25 bits per heavy atom. The third kappa shape index (κ3) is 1.98. The number of nitrogens with zero attached hydrogens (tertiary/aromatic N) is 1. The Kier molecular flexibility index (Phi) is 2.77. The molecule has 0 fully saturated rings. The molecule has 1 aromatic heterocycles. The summed E-state index contributed by atoms with van der Waals surface area (Å²) < 4.78 is 12.7. The van der Waals surface area contributed by atoms with Gasteiger partial charge in [-0.2, -0.15) is 4.39 Å². The molecule has 0 amide bonds. The fraction of sp³-hybridized carbons (Fsp3) is 0.0769. The largest absolute Gasteiger partial charge is 0.298 e. The zero-order valence-corrected chi connectivity index (χ0v) is 8.77. The van der Waals surface area contributed by atoms with Gasteiger partial charge in [-0.15, -0.1) is 0 Å². The number of rotatable bonds is 2. The van der Waals surface area contributed by atoms with Gasteiger partial charge in [0.2, 0.25) is 5.95 Å². The van der Waals surface area contributed by atoms with Gasteiger partial charge in [0, 0.05) is 17.3 Å². The SMILES string of the molecule is Cc1cc(C=O)ccc1-c1ccc(F)nc1. The summed E-state index contributed by atoms with van der Waals surface area (Å²) in [7, 11) is 0. The number of hydrogen-bond acceptors (Lipinski definition) is 2. The van der Waals surface area contributed by atoms with Crippen molar-refractivity contribution in [1.29, 1.82) is 0 Å². The van der Waals surface area contributed by atoms with Crippen molar-refractivity contribution in [2.45, 2.75) is 6.92 Å². The van der Waals surface area contributed by atoms with Crippen molar-refractivity contribution >= 4 is 6.29 Å². The summed E-state index contributed by atoms with van der Waals surface area (Å²) in [6.45, 7) is 1.91. The molecule has 2 nitrogen and oxygen atoms in total. The van der Waals surface area contributed by atoms with Crippen LogP contribution in [0.4, 0.5) is 4.39 Å². The van der Waals surface area contributed by atoms with Crippen molar-refractivity contribution in [3.63, 3.8) is 0 Å². The van der Waals surface area contributed by atoms with E-state index in [0.717, 1.165) is 23.0 Å². The molecule has 0 N–H and O–H groups in total. The van der Waals surface area contributed by atoms with Crippen LogP contribution in [0, 0.1) is 12.9 Å². The van der Waals surface area contributed by atoms with Gasteiger partial charge in [-0.25, -0.2) is 4.98 Å². The summed E-state index contributed by atoms with van der Waals surface area (Å²) in [5.41, 5.74) is 3.41. The van der Waals surface area contributed by atoms with Gasteiger partial charge in [-0.05, 0) is 36.2 Å². The molecule has 0 bridgehead atoms. The van der Waals surface area contributed by atoms with Crippen molar-refractivity contribution in [3.05, 3.63) is 53.6 Å². The number of halogens is 1. The van der Waals surface area contributed by atoms with Crippen molar-refractivity contribution < 1.29 is 9.18 Å². The van der Waals surface area contributed by atoms with E-state index in [2.05, 4.69) is 4.98 Å². The van der Waals surface area contributed by atoms with E-state index in [1.54, 1.807) is 18.2 Å². The molecule has 0 aliphatic heterocycles. The molecule has 0 spiro atoms. The first kappa shape index (κ1) is 10.5. The van der Waals surface area contributed by atoms with E-state index < -0.39 is 5.95 Å². The summed E-state index contributed by atoms with van der Waals surface area (Å²) in [5.74, 6) is -0.495. The lowest BCUT2D eigenvalue weighted by molar-refractivity contribution is 0.112. The Morgan fingerprint density at radius 2 is 2.06 bits per heavy atom. The van der Waals surface area contributed by atoms with Crippen LogP contribution in [0.1, 0.15) is 15.9 Å². The van der Waals surface area contributed by atoms with Crippen LogP contribution in [0.3, 0.4) is 0 Å². The number of aldehydes is 1. The number of pyridine rings is 1. The van der Waals surface area contributed by atoms with Crippen LogP contribution < -0.4 is 0 Å². The van der Waals surface area contributed by atoms with Crippen LogP contribution in [0.2, 0.25) is 0 Å². The van der Waals surface area contributed by atoms with Gasteiger partial charge in [0.25, 0.3) is 0 Å². The molecule has 0 radical (unpaired) electrons. The highest BCUT2D eigenvalue weighted by Gasteiger charge is 2.03. The predicted molar refractivity (Wildman–Crippen MR) is 59.8 cm³/mol. The molecule has 16 heavy (non-hydrogen) atoms. The highest BCUT2D eigenvalue weighted by molar-refractivity contribution is 5.78. The average molecular weight is 215 g/mol. The van der Waals surface area contributed by atoms with Gasteiger partial charge in [0.05, 0.1) is 0 Å². The van der Waals surface area contributed by atoms with Crippen LogP contribution in [0.15, 0.2) is 36.5 Å². The van der Waals surface area contributed by atoms with Gasteiger partial charge in [0.15, 0.2) is 0 Å². The molecule has 0 saturated heterocycles. The van der Waals surface area contributed by atoms with Gasteiger partial charge in [-0.1, -0.05) is 12.1 Å². The van der Waals surface area contributed by atoms with Gasteiger partial charge in [-0.3, -0.25) is 4.79 Å². The lowest BCUT2D eigenvalue weighted by Crippen LogP contribution is -1.89. The Bertz CT molecular complexity index is 520. The van der Waals surface area contributed by atoms with Crippen LogP contribution in [0.5, 0.6) is 0 Å². The van der Waals surface area contributed by atoms with Crippen LogP contribution >= 0.6 is 0 Å². The van der Waals surface area contributed by atoms with E-state index in [9.17, 15) is 9.18 Å². The maximum atomic E-state index is 12.7. The van der Waals surface area contributed by atoms with Crippen molar-refractivity contribution in [1.82, 2.24) is 4.98 Å². The quantitative estimate of drug-likeness (QED) is 0.569. The first-order chi connectivity index (χ1) is 7.70. The normalized spacial score (nSPS) is 10.1. The highest BCUT2D eigenvalue weighted by Crippen LogP contribution is 2.23. The second-order valence-corrected chi connectivity index (χ2v) is 3.56. The minimum Gasteiger partial charge on any atom is -0.298 e. The Labute approximate surface area is 92.8 Å². The van der Waals surface area contributed by atoms with Crippen molar-refractivity contribution in [2.24, 2.45) is 0 Å². The average Bonchev–Trinajstić information content (AvgIpc) is 2.30. The van der Waals surface area contributed by atoms with Crippen LogP contribution in [-0.2, 0) is 0 Å². The zero-order valence-electron chi connectivity index (χ0n) is 8.77. The molecule has 2 aromatic rings. The van der Waals surface area contributed by atoms with E-state index in [1.165, 1.54) is 12.3 Å². The Hall–Kier alpha value is -2.03. The molecule has 1 heterocycles. The number of aryl methyl sites for hydroxylation is 1. The van der Waals surface area contributed by atoms with E-state index in [1.807, 2.05) is 13.0 Å². The fourth-order valence-electron chi connectivity index (χ4n) is 1.62. The Balaban J connectivity index is 2.48. The molecule has 0 atom stereocenters. The highest BCUT2D eigenvalue weighted by atomic mass is 19.1. The molecular formula is C13H10FNO. The number of aromatic nitrogens is 1. The molecule has 1 aromatic carbocycles. The minimum absolute atomic E-state index is 0.495. The topological polar surface area (TPSA) is 30.0 Å². The number of benzene rings is 1. The molecule has 3 heteroatoms. The summed E-state index contributed by atoms with van der Waals surface area (Å²) in [6, 6.07) is 8.37. The van der Waals surface area contributed by atoms with E-state index in [4.69, 9.17) is 0 Å². The molecule has 0 unspecified atom stereocenters. The van der Waals surface area contributed by atoms with E-state index in [-0.39, 0.29) is 0 Å². The first-order valence-electron chi connectivity index (χ1n) is 4.88. The second kappa shape index (κ2) is 4.23. The van der Waals surface area contributed by atoms with Crippen molar-refractivity contribution in [2.75, 3.05) is 0 Å². The smallest absolute Gasteiger partial charge is 0.212 e. The van der Waals surface area contributed by atoms with Gasteiger partial charge < -0.3 is 0 Å². The van der Waals surface area contributed by atoms with E-state index in [0.29, 0.717) is 5.56 Å². The second-order valence-electron chi connectivity index (χ2n) is 3.56. The maximum Gasteiger partial charge on any atom is 0.212 e. The summed E-state index contributed by atoms with van der Waals surface area (Å²) in [5, 5.41) is 0. The summed E-state index contributed by atoms with van der Waals surface area (Å²) in [6.07, 6.45) is 2.29. The third-order valence-electron chi connectivity index (χ3n) is 2.42. The number of carbonyl (C=O) groups is 1. The molecule has 0 aliphatic rings. The molecule has 0 saturated carbocycles. The Morgan fingerprint density at radius 3 is 2.62 bits per heavy atom. The zero-order chi connectivity index (χ0) is 11.5. The number of hydrogen-bond donors (Lipinski definition) is 0. The van der Waals surface area contributed by atoms with E-state index >= 15 is 0 Å². The minimum atomic E-state index is -0.495. The first-order valence-corrected chi connectivity index (χ1v) is 4.88. The predicted octanol–water partition coefficient (Wildman–Crippen LogP) is 3.01. The third-order valence-corrected chi connectivity index (χ3v) is 2.42. The maximum absolute atomic E-state index is 12.7. The standard InChI is InChI=1S/C13H10FNO/c1-9-6-10(8-16)2-4-12(9)11-3-5-13(14)15-7-11/h2-8H,1H3. The van der Waals surface area contributed by atoms with Crippen LogP contribution in [0.25, 0.3) is 11.1 Å². The monoisotopic (exact) mass is 215 g/mol.